The quantitative estimate of drug-likeness (QED) is 0.693. The molecule has 0 heterocycles. The Balaban J connectivity index is 2.50. The smallest absolute Gasteiger partial charge is 0.251 e. The predicted octanol–water partition coefficient (Wildman–Crippen LogP) is 0.968. The van der Waals surface area contributed by atoms with Crippen LogP contribution in [0.25, 0.3) is 0 Å². The molecule has 6 heteroatoms. The average Bonchev–Trinajstić information content (AvgIpc) is 2.51. The fourth-order valence-electron chi connectivity index (χ4n) is 1.96. The monoisotopic (exact) mass is 334 g/mol. The Kier molecular flexibility index (Phi) is 7.38. The van der Waals surface area contributed by atoms with Crippen molar-refractivity contribution in [2.45, 2.75) is 33.4 Å². The zero-order valence-corrected chi connectivity index (χ0v) is 15.3. The molecule has 0 spiro atoms. The summed E-state index contributed by atoms with van der Waals surface area (Å²) in [6.45, 7) is 7.59. The second-order valence-electron chi connectivity index (χ2n) is 7.32. The molecule has 0 aliphatic carbocycles. The Labute approximate surface area is 144 Å². The lowest BCUT2D eigenvalue weighted by Crippen LogP contribution is -2.48. The number of carbonyl (C=O) groups is 2. The van der Waals surface area contributed by atoms with Gasteiger partial charge in [0.1, 0.15) is 0 Å². The summed E-state index contributed by atoms with van der Waals surface area (Å²) in [7, 11) is 3.92. The van der Waals surface area contributed by atoms with Gasteiger partial charge >= 0.3 is 0 Å². The lowest BCUT2D eigenvalue weighted by Gasteiger charge is -2.25. The number of likely N-dealkylation sites (N-methyl/N-ethyl adjacent to an activating group) is 1. The van der Waals surface area contributed by atoms with Gasteiger partial charge in [0.05, 0.1) is 6.04 Å². The number of hydrogen-bond donors (Lipinski definition) is 3. The van der Waals surface area contributed by atoms with Crippen molar-refractivity contribution in [3.05, 3.63) is 35.4 Å². The fourth-order valence-corrected chi connectivity index (χ4v) is 1.96. The van der Waals surface area contributed by atoms with Crippen LogP contribution in [0.4, 0.5) is 0 Å². The molecule has 1 aromatic rings. The molecule has 1 atom stereocenters. The van der Waals surface area contributed by atoms with E-state index < -0.39 is 6.04 Å². The maximum atomic E-state index is 12.0. The Morgan fingerprint density at radius 2 is 1.71 bits per heavy atom. The number of nitrogens with zero attached hydrogens (tertiary/aromatic N) is 1. The number of amides is 2. The van der Waals surface area contributed by atoms with Gasteiger partial charge in [0.2, 0.25) is 5.91 Å². The highest BCUT2D eigenvalue weighted by atomic mass is 16.2. The highest BCUT2D eigenvalue weighted by molar-refractivity contribution is 5.94. The third kappa shape index (κ3) is 6.68. The minimum absolute atomic E-state index is 0.0952. The van der Waals surface area contributed by atoms with Gasteiger partial charge in [-0.3, -0.25) is 9.59 Å². The molecule has 0 radical (unpaired) electrons. The van der Waals surface area contributed by atoms with Crippen molar-refractivity contribution < 1.29 is 9.59 Å². The SMILES string of the molecule is CN(C)CCNC(=O)c1ccc(CNC(=O)[C@@H](N)C(C)(C)C)cc1. The van der Waals surface area contributed by atoms with E-state index in [0.29, 0.717) is 18.7 Å². The van der Waals surface area contributed by atoms with Crippen LogP contribution in [0.5, 0.6) is 0 Å². The number of benzene rings is 1. The van der Waals surface area contributed by atoms with Crippen molar-refractivity contribution in [3.63, 3.8) is 0 Å². The Morgan fingerprint density at radius 1 is 1.12 bits per heavy atom. The number of nitrogens with two attached hydrogens (primary N) is 1. The van der Waals surface area contributed by atoms with E-state index in [1.807, 2.05) is 51.9 Å². The van der Waals surface area contributed by atoms with Crippen molar-refractivity contribution in [2.24, 2.45) is 11.1 Å². The van der Waals surface area contributed by atoms with Crippen LogP contribution in [0.15, 0.2) is 24.3 Å². The third-order valence-electron chi connectivity index (χ3n) is 3.74. The number of rotatable bonds is 7. The molecule has 0 saturated carbocycles. The lowest BCUT2D eigenvalue weighted by molar-refractivity contribution is -0.124. The fraction of sp³-hybridized carbons (Fsp3) is 0.556. The second kappa shape index (κ2) is 8.80. The molecule has 24 heavy (non-hydrogen) atoms. The van der Waals surface area contributed by atoms with Crippen LogP contribution in [0.1, 0.15) is 36.7 Å². The van der Waals surface area contributed by atoms with Gasteiger partial charge in [0.15, 0.2) is 0 Å². The molecular weight excluding hydrogens is 304 g/mol. The van der Waals surface area contributed by atoms with Crippen LogP contribution in [0.2, 0.25) is 0 Å². The van der Waals surface area contributed by atoms with E-state index >= 15 is 0 Å². The first-order valence-electron chi connectivity index (χ1n) is 8.16. The van der Waals surface area contributed by atoms with Crippen LogP contribution in [0.3, 0.4) is 0 Å². The van der Waals surface area contributed by atoms with E-state index in [2.05, 4.69) is 10.6 Å². The zero-order chi connectivity index (χ0) is 18.3. The minimum atomic E-state index is -0.556. The van der Waals surface area contributed by atoms with Gasteiger partial charge in [-0.05, 0) is 37.2 Å². The summed E-state index contributed by atoms with van der Waals surface area (Å²) in [5, 5.41) is 5.70. The summed E-state index contributed by atoms with van der Waals surface area (Å²) in [5.74, 6) is -0.268. The van der Waals surface area contributed by atoms with Crippen molar-refractivity contribution in [2.75, 3.05) is 27.2 Å². The maximum Gasteiger partial charge on any atom is 0.251 e. The number of nitrogens with one attached hydrogen (secondary N) is 2. The molecule has 0 bridgehead atoms. The van der Waals surface area contributed by atoms with Gasteiger partial charge in [-0.2, -0.15) is 0 Å². The summed E-state index contributed by atoms with van der Waals surface area (Å²) in [4.78, 5) is 26.0. The molecule has 0 aliphatic rings. The Hall–Kier alpha value is -1.92. The largest absolute Gasteiger partial charge is 0.351 e. The van der Waals surface area contributed by atoms with Crippen molar-refractivity contribution in [1.29, 1.82) is 0 Å². The van der Waals surface area contributed by atoms with E-state index in [-0.39, 0.29) is 17.2 Å². The topological polar surface area (TPSA) is 87.5 Å². The van der Waals surface area contributed by atoms with Gasteiger partial charge in [-0.1, -0.05) is 32.9 Å². The van der Waals surface area contributed by atoms with Crippen molar-refractivity contribution in [1.82, 2.24) is 15.5 Å². The molecule has 0 fully saturated rings. The predicted molar refractivity (Wildman–Crippen MR) is 96.6 cm³/mol. The Morgan fingerprint density at radius 3 is 2.21 bits per heavy atom. The van der Waals surface area contributed by atoms with E-state index in [1.165, 1.54) is 0 Å². The minimum Gasteiger partial charge on any atom is -0.351 e. The first kappa shape index (κ1) is 20.1. The van der Waals surface area contributed by atoms with Gasteiger partial charge in [0, 0.05) is 25.2 Å². The third-order valence-corrected chi connectivity index (χ3v) is 3.74. The maximum absolute atomic E-state index is 12.0. The molecular formula is C18H30N4O2. The summed E-state index contributed by atoms with van der Waals surface area (Å²) in [6.07, 6.45) is 0. The van der Waals surface area contributed by atoms with Crippen molar-refractivity contribution >= 4 is 11.8 Å². The molecule has 134 valence electrons. The number of hydrogen-bond acceptors (Lipinski definition) is 4. The normalized spacial score (nSPS) is 12.8. The first-order valence-corrected chi connectivity index (χ1v) is 8.16. The highest BCUT2D eigenvalue weighted by Crippen LogP contribution is 2.17. The van der Waals surface area contributed by atoms with Gasteiger partial charge in [0.25, 0.3) is 5.91 Å². The van der Waals surface area contributed by atoms with E-state index in [0.717, 1.165) is 12.1 Å². The summed E-state index contributed by atoms with van der Waals surface area (Å²) in [6, 6.07) is 6.64. The van der Waals surface area contributed by atoms with Gasteiger partial charge in [-0.25, -0.2) is 0 Å². The molecule has 1 aromatic carbocycles. The summed E-state index contributed by atoms with van der Waals surface area (Å²) < 4.78 is 0. The first-order chi connectivity index (χ1) is 11.1. The van der Waals surface area contributed by atoms with Gasteiger partial charge in [-0.15, -0.1) is 0 Å². The molecule has 0 aliphatic heterocycles. The Bertz CT molecular complexity index is 547. The average molecular weight is 334 g/mol. The van der Waals surface area contributed by atoms with Crippen LogP contribution in [-0.4, -0.2) is 49.9 Å². The highest BCUT2D eigenvalue weighted by Gasteiger charge is 2.27. The van der Waals surface area contributed by atoms with Crippen LogP contribution >= 0.6 is 0 Å². The molecule has 4 N–H and O–H groups in total. The van der Waals surface area contributed by atoms with Crippen LogP contribution < -0.4 is 16.4 Å². The molecule has 2 amide bonds. The van der Waals surface area contributed by atoms with Crippen LogP contribution in [0, 0.1) is 5.41 Å². The molecule has 0 saturated heterocycles. The van der Waals surface area contributed by atoms with Crippen molar-refractivity contribution in [3.8, 4) is 0 Å². The molecule has 1 rings (SSSR count). The van der Waals surface area contributed by atoms with E-state index in [4.69, 9.17) is 5.73 Å². The van der Waals surface area contributed by atoms with E-state index in [1.54, 1.807) is 12.1 Å². The molecule has 0 unspecified atom stereocenters. The summed E-state index contributed by atoms with van der Waals surface area (Å²) in [5.41, 5.74) is 7.17. The summed E-state index contributed by atoms with van der Waals surface area (Å²) >= 11 is 0. The van der Waals surface area contributed by atoms with Gasteiger partial charge < -0.3 is 21.3 Å². The standard InChI is InChI=1S/C18H30N4O2/c1-18(2,3)15(19)17(24)21-12-13-6-8-14(9-7-13)16(23)20-10-11-22(4)5/h6-9,15H,10-12,19H2,1-5H3,(H,20,23)(H,21,24)/t15-/m1/s1. The lowest BCUT2D eigenvalue weighted by atomic mass is 9.87. The zero-order valence-electron chi connectivity index (χ0n) is 15.3. The number of carbonyl (C=O) groups excluding carboxylic acids is 2. The molecule has 6 nitrogen and oxygen atoms in total. The van der Waals surface area contributed by atoms with E-state index in [9.17, 15) is 9.59 Å². The molecule has 0 aromatic heterocycles. The second-order valence-corrected chi connectivity index (χ2v) is 7.32. The van der Waals surface area contributed by atoms with Crippen LogP contribution in [-0.2, 0) is 11.3 Å².